The molecule has 1 saturated carbocycles. The van der Waals surface area contributed by atoms with E-state index < -0.39 is 0 Å². The second kappa shape index (κ2) is 8.00. The first kappa shape index (κ1) is 19.1. The summed E-state index contributed by atoms with van der Waals surface area (Å²) in [6.45, 7) is 3.41. The van der Waals surface area contributed by atoms with Crippen LogP contribution in [0, 0.1) is 5.92 Å². The van der Waals surface area contributed by atoms with Crippen molar-refractivity contribution in [1.29, 1.82) is 0 Å². The molecule has 0 radical (unpaired) electrons. The topological polar surface area (TPSA) is 43.7 Å². The zero-order valence-corrected chi connectivity index (χ0v) is 16.8. The maximum atomic E-state index is 9.98. The van der Waals surface area contributed by atoms with Gasteiger partial charge in [-0.25, -0.2) is 0 Å². The van der Waals surface area contributed by atoms with Crippen molar-refractivity contribution in [3.05, 3.63) is 65.7 Å². The minimum Gasteiger partial charge on any atom is -0.508 e. The van der Waals surface area contributed by atoms with E-state index in [9.17, 15) is 10.2 Å². The van der Waals surface area contributed by atoms with Crippen LogP contribution >= 0.6 is 0 Å². The molecule has 2 aromatic carbocycles. The zero-order valence-electron chi connectivity index (χ0n) is 16.8. The molecule has 2 bridgehead atoms. The number of unbranched alkanes of at least 4 members (excludes halogenated alkanes) is 1. The molecule has 2 N–H and O–H groups in total. The molecule has 0 spiro atoms. The number of allylic oxidation sites excluding steroid dienone is 2. The molecule has 1 fully saturated rings. The summed E-state index contributed by atoms with van der Waals surface area (Å²) >= 11 is 0. The number of phenols is 1. The molecule has 0 heterocycles. The van der Waals surface area contributed by atoms with E-state index in [0.717, 1.165) is 37.4 Å². The zero-order chi connectivity index (χ0) is 19.6. The third kappa shape index (κ3) is 3.81. The van der Waals surface area contributed by atoms with Gasteiger partial charge in [0.1, 0.15) is 5.75 Å². The third-order valence-corrected chi connectivity index (χ3v) is 6.40. The highest BCUT2D eigenvalue weighted by atomic mass is 16.3. The van der Waals surface area contributed by atoms with Crippen LogP contribution in [0.1, 0.15) is 51.0 Å². The number of benzene rings is 2. The minimum atomic E-state index is 0.212. The lowest BCUT2D eigenvalue weighted by molar-refractivity contribution is 0.285. The highest BCUT2D eigenvalue weighted by Crippen LogP contribution is 2.52. The Bertz CT molecular complexity index is 859. The first-order chi connectivity index (χ1) is 13.6. The van der Waals surface area contributed by atoms with Crippen LogP contribution in [-0.4, -0.2) is 23.4 Å². The number of phenolic OH excluding ortho intramolecular Hbond substituents is 1. The van der Waals surface area contributed by atoms with Gasteiger partial charge in [0.05, 0.1) is 0 Å². The van der Waals surface area contributed by atoms with Crippen molar-refractivity contribution in [2.24, 2.45) is 5.92 Å². The van der Waals surface area contributed by atoms with E-state index in [-0.39, 0.29) is 17.8 Å². The number of anilines is 2. The van der Waals surface area contributed by atoms with Crippen LogP contribution in [0.2, 0.25) is 0 Å². The quantitative estimate of drug-likeness (QED) is 0.481. The second-order valence-corrected chi connectivity index (χ2v) is 8.69. The molecular weight excluding hydrogens is 346 g/mol. The highest BCUT2D eigenvalue weighted by Gasteiger charge is 2.41. The van der Waals surface area contributed by atoms with Crippen LogP contribution in [0.4, 0.5) is 11.4 Å². The monoisotopic (exact) mass is 377 g/mol. The van der Waals surface area contributed by atoms with Gasteiger partial charge in [-0.15, -0.1) is 0 Å². The molecule has 3 nitrogen and oxygen atoms in total. The molecule has 2 unspecified atom stereocenters. The number of hydrogen-bond acceptors (Lipinski definition) is 3. The maximum Gasteiger partial charge on any atom is 0.117 e. The van der Waals surface area contributed by atoms with Crippen molar-refractivity contribution in [2.45, 2.75) is 50.9 Å². The van der Waals surface area contributed by atoms with Crippen LogP contribution in [0.15, 0.2) is 60.2 Å². The lowest BCUT2D eigenvalue weighted by Crippen LogP contribution is -2.29. The molecule has 0 saturated heterocycles. The van der Waals surface area contributed by atoms with Crippen molar-refractivity contribution in [3.63, 3.8) is 0 Å². The van der Waals surface area contributed by atoms with Crippen molar-refractivity contribution in [2.75, 3.05) is 18.1 Å². The second-order valence-electron chi connectivity index (χ2n) is 8.69. The van der Waals surface area contributed by atoms with E-state index >= 15 is 0 Å². The van der Waals surface area contributed by atoms with Crippen LogP contribution in [0.25, 0.3) is 0 Å². The summed E-state index contributed by atoms with van der Waals surface area (Å²) in [5.41, 5.74) is 5.50. The summed E-state index contributed by atoms with van der Waals surface area (Å²) < 4.78 is 0. The third-order valence-electron chi connectivity index (χ3n) is 6.40. The Labute approximate surface area is 168 Å². The number of rotatable bonds is 7. The molecular formula is C25H31NO2. The van der Waals surface area contributed by atoms with E-state index in [1.165, 1.54) is 30.5 Å². The average Bonchev–Trinajstić information content (AvgIpc) is 3.01. The van der Waals surface area contributed by atoms with Crippen molar-refractivity contribution >= 4 is 11.4 Å². The standard InChI is InChI=1S/C25H31NO2/c1-19-14-20-10-11-25(17-19,18-20)21-6-4-7-22(15-21)26(12-2-3-13-27)23-8-5-9-24(28)16-23/h4-10,15-16,19,27-28H,2-3,11-14,17-18H2,1H3. The van der Waals surface area contributed by atoms with E-state index in [0.29, 0.717) is 0 Å². The number of fused-ring (bicyclic) bond motifs is 2. The Morgan fingerprint density at radius 3 is 2.64 bits per heavy atom. The lowest BCUT2D eigenvalue weighted by Gasteiger charge is -2.37. The molecule has 2 atom stereocenters. The van der Waals surface area contributed by atoms with E-state index in [1.54, 1.807) is 11.6 Å². The predicted molar refractivity (Wildman–Crippen MR) is 115 cm³/mol. The average molecular weight is 378 g/mol. The fraction of sp³-hybridized carbons (Fsp3) is 0.440. The molecule has 28 heavy (non-hydrogen) atoms. The molecule has 2 aliphatic carbocycles. The summed E-state index contributed by atoms with van der Waals surface area (Å²) in [6.07, 6.45) is 9.05. The van der Waals surface area contributed by atoms with Gasteiger partial charge < -0.3 is 15.1 Å². The lowest BCUT2D eigenvalue weighted by atomic mass is 9.67. The molecule has 0 amide bonds. The first-order valence-corrected chi connectivity index (χ1v) is 10.6. The Balaban J connectivity index is 1.67. The number of hydrogen-bond donors (Lipinski definition) is 2. The summed E-state index contributed by atoms with van der Waals surface area (Å²) in [5, 5.41) is 19.2. The number of aliphatic hydroxyl groups excluding tert-OH is 1. The van der Waals surface area contributed by atoms with Crippen LogP contribution in [0.5, 0.6) is 5.75 Å². The number of aliphatic hydroxyl groups is 1. The van der Waals surface area contributed by atoms with Crippen molar-refractivity contribution in [1.82, 2.24) is 0 Å². The molecule has 3 heteroatoms. The van der Waals surface area contributed by atoms with E-state index in [2.05, 4.69) is 42.2 Å². The predicted octanol–water partition coefficient (Wildman–Crippen LogP) is 5.69. The first-order valence-electron chi connectivity index (χ1n) is 10.6. The molecule has 2 aromatic rings. The van der Waals surface area contributed by atoms with E-state index in [4.69, 9.17) is 0 Å². The molecule has 4 rings (SSSR count). The van der Waals surface area contributed by atoms with Crippen LogP contribution in [0.3, 0.4) is 0 Å². The molecule has 0 aromatic heterocycles. The SMILES string of the molecule is CC1CC2=CCC(c3cccc(N(CCCCO)c4cccc(O)c4)c3)(C2)C1. The molecule has 0 aliphatic heterocycles. The minimum absolute atomic E-state index is 0.212. The summed E-state index contributed by atoms with van der Waals surface area (Å²) in [5.74, 6) is 1.03. The number of nitrogens with zero attached hydrogens (tertiary/aromatic N) is 1. The Kier molecular flexibility index (Phi) is 5.45. The number of aromatic hydroxyl groups is 1. The normalized spacial score (nSPS) is 23.5. The van der Waals surface area contributed by atoms with Gasteiger partial charge in [-0.2, -0.15) is 0 Å². The van der Waals surface area contributed by atoms with Gasteiger partial charge in [0.15, 0.2) is 0 Å². The van der Waals surface area contributed by atoms with Gasteiger partial charge in [0.2, 0.25) is 0 Å². The smallest absolute Gasteiger partial charge is 0.117 e. The fourth-order valence-corrected chi connectivity index (χ4v) is 5.21. The van der Waals surface area contributed by atoms with Crippen LogP contribution < -0.4 is 4.90 Å². The highest BCUT2D eigenvalue weighted by molar-refractivity contribution is 5.65. The van der Waals surface area contributed by atoms with Gasteiger partial charge in [0.25, 0.3) is 0 Å². The van der Waals surface area contributed by atoms with Gasteiger partial charge >= 0.3 is 0 Å². The fourth-order valence-electron chi connectivity index (χ4n) is 5.21. The summed E-state index contributed by atoms with van der Waals surface area (Å²) in [4.78, 5) is 2.27. The van der Waals surface area contributed by atoms with Crippen LogP contribution in [-0.2, 0) is 5.41 Å². The van der Waals surface area contributed by atoms with Gasteiger partial charge in [-0.3, -0.25) is 0 Å². The largest absolute Gasteiger partial charge is 0.508 e. The summed E-state index contributed by atoms with van der Waals surface area (Å²) in [6, 6.07) is 16.5. The van der Waals surface area contributed by atoms with Gasteiger partial charge in [-0.05, 0) is 74.3 Å². The molecule has 2 aliphatic rings. The van der Waals surface area contributed by atoms with Crippen molar-refractivity contribution < 1.29 is 10.2 Å². The van der Waals surface area contributed by atoms with Gasteiger partial charge in [-0.1, -0.05) is 36.8 Å². The Morgan fingerprint density at radius 1 is 1.07 bits per heavy atom. The van der Waals surface area contributed by atoms with Gasteiger partial charge in [0, 0.05) is 36.0 Å². The Morgan fingerprint density at radius 2 is 1.86 bits per heavy atom. The Hall–Kier alpha value is -2.26. The maximum absolute atomic E-state index is 9.98. The van der Waals surface area contributed by atoms with Crippen molar-refractivity contribution in [3.8, 4) is 5.75 Å². The molecule has 148 valence electrons. The summed E-state index contributed by atoms with van der Waals surface area (Å²) in [7, 11) is 0. The van der Waals surface area contributed by atoms with E-state index in [1.807, 2.05) is 18.2 Å².